The molecule has 0 aliphatic carbocycles. The average Bonchev–Trinajstić information content (AvgIpc) is 3.42. The van der Waals surface area contributed by atoms with Gasteiger partial charge in [0, 0.05) is 0 Å². The molecular formula is C23H26O5S. The topological polar surface area (TPSA) is 76.7 Å². The number of sulfone groups is 1. The molecule has 0 spiro atoms. The minimum atomic E-state index is -3.11. The summed E-state index contributed by atoms with van der Waals surface area (Å²) < 4.78 is 36.4. The van der Waals surface area contributed by atoms with Crippen LogP contribution in [0.1, 0.15) is 43.3 Å². The Bertz CT molecular complexity index is 1030. The van der Waals surface area contributed by atoms with Crippen LogP contribution in [0.2, 0.25) is 0 Å². The molecule has 2 atom stereocenters. The van der Waals surface area contributed by atoms with Gasteiger partial charge in [-0.3, -0.25) is 0 Å². The molecule has 0 amide bonds. The van der Waals surface area contributed by atoms with Crippen molar-refractivity contribution in [3.05, 3.63) is 70.7 Å². The summed E-state index contributed by atoms with van der Waals surface area (Å²) in [5.74, 6) is 1.40. The smallest absolute Gasteiger partial charge is 0.163 e. The van der Waals surface area contributed by atoms with E-state index in [-0.39, 0.29) is 25.1 Å². The zero-order chi connectivity index (χ0) is 20.4. The molecule has 6 heteroatoms. The third kappa shape index (κ3) is 4.10. The van der Waals surface area contributed by atoms with E-state index in [1.807, 2.05) is 37.3 Å². The molecule has 4 rings (SSSR count). The standard InChI is InChI=1S/C23H26O5S/c1-2-16-15-29(25,26)22-14-27-21(23(16)22)11-8-18(17-6-4-3-5-7-17)12-19-9-10-20(13-24)28-19/h3-7,9-10,12,21-22,24H,2,8,11,13-15H2,1H3/b18-12-/t21-,22+/m1/s1. The number of aliphatic hydroxyl groups is 1. The second-order valence-corrected chi connectivity index (χ2v) is 9.75. The van der Waals surface area contributed by atoms with Gasteiger partial charge in [0.1, 0.15) is 23.4 Å². The van der Waals surface area contributed by atoms with E-state index in [1.165, 1.54) is 0 Å². The molecule has 5 nitrogen and oxygen atoms in total. The number of rotatable bonds is 7. The molecule has 1 aromatic heterocycles. The SMILES string of the molecule is CCC1=C2[C@@H](CC/C(=C/c3ccc(CO)o3)c3ccccc3)OC[C@@H]2S(=O)(=O)C1. The Morgan fingerprint density at radius 2 is 2.00 bits per heavy atom. The van der Waals surface area contributed by atoms with Crippen LogP contribution in [0.4, 0.5) is 0 Å². The van der Waals surface area contributed by atoms with Crippen LogP contribution < -0.4 is 0 Å². The fraction of sp³-hybridized carbons (Fsp3) is 0.391. The Hall–Kier alpha value is -2.15. The van der Waals surface area contributed by atoms with Crippen molar-refractivity contribution in [3.8, 4) is 0 Å². The van der Waals surface area contributed by atoms with E-state index >= 15 is 0 Å². The highest BCUT2D eigenvalue weighted by atomic mass is 32.2. The van der Waals surface area contributed by atoms with Crippen molar-refractivity contribution >= 4 is 21.5 Å². The largest absolute Gasteiger partial charge is 0.459 e. The monoisotopic (exact) mass is 414 g/mol. The second kappa shape index (κ2) is 8.30. The van der Waals surface area contributed by atoms with E-state index in [1.54, 1.807) is 6.07 Å². The molecule has 0 bridgehead atoms. The molecule has 1 aromatic carbocycles. The first-order valence-electron chi connectivity index (χ1n) is 10.0. The molecule has 1 N–H and O–H groups in total. The first-order chi connectivity index (χ1) is 14.0. The maximum absolute atomic E-state index is 12.4. The van der Waals surface area contributed by atoms with Crippen molar-refractivity contribution < 1.29 is 22.7 Å². The van der Waals surface area contributed by atoms with Crippen molar-refractivity contribution in [3.63, 3.8) is 0 Å². The van der Waals surface area contributed by atoms with E-state index < -0.39 is 15.1 Å². The maximum atomic E-state index is 12.4. The summed E-state index contributed by atoms with van der Waals surface area (Å²) in [6.45, 7) is 2.16. The number of hydrogen-bond donors (Lipinski definition) is 1. The van der Waals surface area contributed by atoms with Crippen LogP contribution in [0, 0.1) is 0 Å². The number of fused-ring (bicyclic) bond motifs is 1. The molecule has 0 unspecified atom stereocenters. The van der Waals surface area contributed by atoms with Gasteiger partial charge in [0.05, 0.1) is 18.5 Å². The number of allylic oxidation sites excluding steroid dienone is 1. The predicted octanol–water partition coefficient (Wildman–Crippen LogP) is 4.00. The van der Waals surface area contributed by atoms with Crippen LogP contribution in [0.3, 0.4) is 0 Å². The van der Waals surface area contributed by atoms with Crippen molar-refractivity contribution in [2.24, 2.45) is 0 Å². The minimum absolute atomic E-state index is 0.131. The summed E-state index contributed by atoms with van der Waals surface area (Å²) in [7, 11) is -3.11. The highest BCUT2D eigenvalue weighted by Gasteiger charge is 2.46. The van der Waals surface area contributed by atoms with Gasteiger partial charge in [0.2, 0.25) is 0 Å². The highest BCUT2D eigenvalue weighted by Crippen LogP contribution is 2.40. The van der Waals surface area contributed by atoms with Crippen molar-refractivity contribution in [1.82, 2.24) is 0 Å². The molecule has 1 saturated heterocycles. The van der Waals surface area contributed by atoms with Gasteiger partial charge in [-0.25, -0.2) is 8.42 Å². The normalized spacial score (nSPS) is 23.6. The Morgan fingerprint density at radius 1 is 1.21 bits per heavy atom. The lowest BCUT2D eigenvalue weighted by Gasteiger charge is -2.15. The first kappa shape index (κ1) is 20.1. The maximum Gasteiger partial charge on any atom is 0.163 e. The molecule has 0 saturated carbocycles. The van der Waals surface area contributed by atoms with E-state index in [0.29, 0.717) is 11.5 Å². The lowest BCUT2D eigenvalue weighted by molar-refractivity contribution is 0.118. The van der Waals surface area contributed by atoms with E-state index in [2.05, 4.69) is 12.1 Å². The Balaban J connectivity index is 1.58. The van der Waals surface area contributed by atoms with Crippen LogP contribution in [0.25, 0.3) is 11.6 Å². The molecule has 154 valence electrons. The van der Waals surface area contributed by atoms with Crippen LogP contribution in [0.5, 0.6) is 0 Å². The zero-order valence-electron chi connectivity index (χ0n) is 16.5. The number of aliphatic hydroxyl groups excluding tert-OH is 1. The summed E-state index contributed by atoms with van der Waals surface area (Å²) in [4.78, 5) is 0. The van der Waals surface area contributed by atoms with Crippen molar-refractivity contribution in [1.29, 1.82) is 0 Å². The van der Waals surface area contributed by atoms with Gasteiger partial charge >= 0.3 is 0 Å². The van der Waals surface area contributed by atoms with Gasteiger partial charge < -0.3 is 14.3 Å². The van der Waals surface area contributed by atoms with Crippen molar-refractivity contribution in [2.45, 2.75) is 44.1 Å². The van der Waals surface area contributed by atoms with Crippen LogP contribution in [-0.2, 0) is 21.2 Å². The lowest BCUT2D eigenvalue weighted by atomic mass is 9.93. The fourth-order valence-corrected chi connectivity index (χ4v) is 6.33. The Labute approximate surface area is 171 Å². The molecule has 0 radical (unpaired) electrons. The third-order valence-corrected chi connectivity index (χ3v) is 7.77. The lowest BCUT2D eigenvalue weighted by Crippen LogP contribution is -2.19. The first-order valence-corrected chi connectivity index (χ1v) is 11.7. The van der Waals surface area contributed by atoms with Gasteiger partial charge in [-0.15, -0.1) is 0 Å². The highest BCUT2D eigenvalue weighted by molar-refractivity contribution is 7.92. The van der Waals surface area contributed by atoms with Gasteiger partial charge in [0.15, 0.2) is 9.84 Å². The van der Waals surface area contributed by atoms with Gasteiger partial charge in [-0.05, 0) is 54.2 Å². The van der Waals surface area contributed by atoms with Gasteiger partial charge in [-0.1, -0.05) is 42.8 Å². The third-order valence-electron chi connectivity index (χ3n) is 5.76. The van der Waals surface area contributed by atoms with E-state index in [9.17, 15) is 13.5 Å². The fourth-order valence-electron chi connectivity index (χ4n) is 4.28. The summed E-state index contributed by atoms with van der Waals surface area (Å²) in [5, 5.41) is 8.79. The summed E-state index contributed by atoms with van der Waals surface area (Å²) >= 11 is 0. The number of hydrogen-bond acceptors (Lipinski definition) is 5. The number of furan rings is 1. The number of ether oxygens (including phenoxy) is 1. The minimum Gasteiger partial charge on any atom is -0.459 e. The van der Waals surface area contributed by atoms with Gasteiger partial charge in [-0.2, -0.15) is 0 Å². The summed E-state index contributed by atoms with van der Waals surface area (Å²) in [5.41, 5.74) is 4.21. The molecule has 2 aliphatic rings. The number of benzene rings is 1. The molecular weight excluding hydrogens is 388 g/mol. The van der Waals surface area contributed by atoms with E-state index in [0.717, 1.165) is 41.5 Å². The van der Waals surface area contributed by atoms with Crippen molar-refractivity contribution in [2.75, 3.05) is 12.4 Å². The Morgan fingerprint density at radius 3 is 2.69 bits per heavy atom. The van der Waals surface area contributed by atoms with Gasteiger partial charge in [0.25, 0.3) is 0 Å². The van der Waals surface area contributed by atoms with E-state index in [4.69, 9.17) is 9.15 Å². The second-order valence-electron chi connectivity index (χ2n) is 7.57. The molecule has 2 aliphatic heterocycles. The molecule has 29 heavy (non-hydrogen) atoms. The summed E-state index contributed by atoms with van der Waals surface area (Å²) in [6.07, 6.45) is 4.05. The summed E-state index contributed by atoms with van der Waals surface area (Å²) in [6, 6.07) is 13.7. The zero-order valence-corrected chi connectivity index (χ0v) is 17.3. The Kier molecular flexibility index (Phi) is 5.76. The molecule has 1 fully saturated rings. The van der Waals surface area contributed by atoms with Crippen LogP contribution in [-0.4, -0.2) is 37.2 Å². The van der Waals surface area contributed by atoms with Crippen LogP contribution in [0.15, 0.2) is 58.0 Å². The quantitative estimate of drug-likeness (QED) is 0.693. The van der Waals surface area contributed by atoms with Crippen LogP contribution >= 0.6 is 0 Å². The predicted molar refractivity (Wildman–Crippen MR) is 113 cm³/mol. The average molecular weight is 415 g/mol. The molecule has 3 heterocycles. The molecule has 2 aromatic rings.